The molecule has 2 atom stereocenters. The van der Waals surface area contributed by atoms with Gasteiger partial charge in [0, 0.05) is 18.8 Å². The van der Waals surface area contributed by atoms with E-state index in [1.165, 1.54) is 10.4 Å². The molecule has 0 aromatic heterocycles. The molecule has 0 saturated carbocycles. The van der Waals surface area contributed by atoms with Crippen molar-refractivity contribution < 1.29 is 17.6 Å². The first-order valence-electron chi connectivity index (χ1n) is 9.90. The number of aryl methyl sites for hydroxylation is 1. The minimum Gasteiger partial charge on any atom is -0.322 e. The smallest absolute Gasteiger partial charge is 0.258 e. The molecule has 7 heteroatoms. The Kier molecular flexibility index (Phi) is 6.39. The highest BCUT2D eigenvalue weighted by atomic mass is 32.2. The highest BCUT2D eigenvalue weighted by Gasteiger charge is 2.32. The maximum Gasteiger partial charge on any atom is 0.258 e. The van der Waals surface area contributed by atoms with Gasteiger partial charge in [-0.15, -0.1) is 0 Å². The number of carbonyl (C=O) groups excluding carboxylic acids is 1. The molecule has 2 aromatic rings. The number of halogens is 1. The summed E-state index contributed by atoms with van der Waals surface area (Å²) in [6, 6.07) is 10.6. The number of piperidine rings is 1. The average Bonchev–Trinajstić information content (AvgIpc) is 2.68. The van der Waals surface area contributed by atoms with Crippen LogP contribution in [0.3, 0.4) is 0 Å². The van der Waals surface area contributed by atoms with Crippen molar-refractivity contribution in [1.29, 1.82) is 0 Å². The highest BCUT2D eigenvalue weighted by Crippen LogP contribution is 2.27. The van der Waals surface area contributed by atoms with E-state index in [0.717, 1.165) is 30.5 Å². The number of nitrogens with one attached hydrogen (secondary N) is 1. The Morgan fingerprint density at radius 1 is 1.10 bits per heavy atom. The van der Waals surface area contributed by atoms with Gasteiger partial charge < -0.3 is 5.32 Å². The molecule has 156 valence electrons. The van der Waals surface area contributed by atoms with E-state index < -0.39 is 21.7 Å². The minimum absolute atomic E-state index is 0.0633. The average molecular weight is 419 g/mol. The van der Waals surface area contributed by atoms with Gasteiger partial charge in [-0.1, -0.05) is 32.9 Å². The number of hydrogen-bond donors (Lipinski definition) is 1. The van der Waals surface area contributed by atoms with Crippen LogP contribution in [-0.2, 0) is 16.4 Å². The molecule has 1 aliphatic rings. The van der Waals surface area contributed by atoms with Gasteiger partial charge in [-0.05, 0) is 60.6 Å². The molecular formula is C22H27FN2O3S. The zero-order chi connectivity index (χ0) is 21.2. The number of anilines is 1. The summed E-state index contributed by atoms with van der Waals surface area (Å²) in [7, 11) is -3.80. The third-order valence-electron chi connectivity index (χ3n) is 5.28. The lowest BCUT2D eigenvalue weighted by Gasteiger charge is -2.34. The maximum atomic E-state index is 14.3. The van der Waals surface area contributed by atoms with Gasteiger partial charge in [0.1, 0.15) is 5.82 Å². The summed E-state index contributed by atoms with van der Waals surface area (Å²) in [6.07, 6.45) is 1.84. The van der Waals surface area contributed by atoms with Crippen LogP contribution in [0.2, 0.25) is 0 Å². The molecule has 1 heterocycles. The molecule has 1 aliphatic heterocycles. The molecule has 0 aliphatic carbocycles. The van der Waals surface area contributed by atoms with Gasteiger partial charge in [-0.3, -0.25) is 4.79 Å². The Balaban J connectivity index is 1.85. The molecule has 2 aromatic carbocycles. The number of amides is 1. The van der Waals surface area contributed by atoms with Gasteiger partial charge in [0.15, 0.2) is 0 Å². The summed E-state index contributed by atoms with van der Waals surface area (Å²) in [5, 5.41) is 2.64. The maximum absolute atomic E-state index is 14.3. The summed E-state index contributed by atoms with van der Waals surface area (Å²) in [6.45, 7) is 6.92. The van der Waals surface area contributed by atoms with Crippen LogP contribution in [0.5, 0.6) is 0 Å². The van der Waals surface area contributed by atoms with Crippen LogP contribution >= 0.6 is 0 Å². The predicted molar refractivity (Wildman–Crippen MR) is 112 cm³/mol. The Morgan fingerprint density at radius 3 is 2.31 bits per heavy atom. The molecule has 0 bridgehead atoms. The fourth-order valence-electron chi connectivity index (χ4n) is 3.81. The molecule has 5 nitrogen and oxygen atoms in total. The highest BCUT2D eigenvalue weighted by molar-refractivity contribution is 7.89. The van der Waals surface area contributed by atoms with Gasteiger partial charge >= 0.3 is 0 Å². The van der Waals surface area contributed by atoms with E-state index in [4.69, 9.17) is 0 Å². The largest absolute Gasteiger partial charge is 0.322 e. The molecule has 3 rings (SSSR count). The Morgan fingerprint density at radius 2 is 1.72 bits per heavy atom. The predicted octanol–water partition coefficient (Wildman–Crippen LogP) is 4.31. The van der Waals surface area contributed by atoms with Gasteiger partial charge in [-0.2, -0.15) is 4.31 Å². The first kappa shape index (κ1) is 21.5. The third kappa shape index (κ3) is 4.85. The van der Waals surface area contributed by atoms with Crippen molar-refractivity contribution >= 4 is 21.6 Å². The van der Waals surface area contributed by atoms with E-state index in [2.05, 4.69) is 5.32 Å². The third-order valence-corrected chi connectivity index (χ3v) is 7.10. The van der Waals surface area contributed by atoms with Gasteiger partial charge in [-0.25, -0.2) is 12.8 Å². The number of nitrogens with zero attached hydrogens (tertiary/aromatic N) is 1. The van der Waals surface area contributed by atoms with E-state index in [1.807, 2.05) is 32.9 Å². The van der Waals surface area contributed by atoms with E-state index in [1.54, 1.807) is 12.1 Å². The molecule has 0 spiro atoms. The molecule has 2 unspecified atom stereocenters. The van der Waals surface area contributed by atoms with Crippen molar-refractivity contribution in [2.24, 2.45) is 11.8 Å². The van der Waals surface area contributed by atoms with Crippen LogP contribution in [0.4, 0.5) is 10.1 Å². The second-order valence-electron chi connectivity index (χ2n) is 7.91. The number of hydrogen-bond acceptors (Lipinski definition) is 3. The van der Waals surface area contributed by atoms with Crippen molar-refractivity contribution in [2.75, 3.05) is 18.4 Å². The van der Waals surface area contributed by atoms with Crippen molar-refractivity contribution in [1.82, 2.24) is 4.31 Å². The molecule has 1 amide bonds. The molecule has 1 N–H and O–H groups in total. The monoisotopic (exact) mass is 418 g/mol. The summed E-state index contributed by atoms with van der Waals surface area (Å²) in [5.41, 5.74) is 1.36. The number of benzene rings is 2. The van der Waals surface area contributed by atoms with Gasteiger partial charge in [0.2, 0.25) is 10.0 Å². The topological polar surface area (TPSA) is 66.5 Å². The molecule has 1 saturated heterocycles. The Labute approximate surface area is 172 Å². The molecule has 1 fully saturated rings. The fraction of sp³-hybridized carbons (Fsp3) is 0.409. The normalized spacial score (nSPS) is 20.4. The Bertz CT molecular complexity index is 980. The minimum atomic E-state index is -3.80. The number of carbonyl (C=O) groups is 1. The van der Waals surface area contributed by atoms with Crippen LogP contribution in [0, 0.1) is 17.7 Å². The van der Waals surface area contributed by atoms with Crippen molar-refractivity contribution in [3.63, 3.8) is 0 Å². The molecular weight excluding hydrogens is 391 g/mol. The van der Waals surface area contributed by atoms with Crippen LogP contribution < -0.4 is 5.32 Å². The van der Waals surface area contributed by atoms with Crippen LogP contribution in [0.25, 0.3) is 0 Å². The molecule has 29 heavy (non-hydrogen) atoms. The van der Waals surface area contributed by atoms with Crippen LogP contribution in [0.15, 0.2) is 47.4 Å². The second kappa shape index (κ2) is 8.63. The first-order chi connectivity index (χ1) is 13.7. The number of sulfonamides is 1. The lowest BCUT2D eigenvalue weighted by Crippen LogP contribution is -2.42. The summed E-state index contributed by atoms with van der Waals surface area (Å²) >= 11 is 0. The Hall–Kier alpha value is -2.25. The van der Waals surface area contributed by atoms with Crippen molar-refractivity contribution in [3.8, 4) is 0 Å². The zero-order valence-corrected chi connectivity index (χ0v) is 17.8. The second-order valence-corrected chi connectivity index (χ2v) is 9.85. The first-order valence-corrected chi connectivity index (χ1v) is 11.3. The quantitative estimate of drug-likeness (QED) is 0.787. The fourth-order valence-corrected chi connectivity index (χ4v) is 5.52. The van der Waals surface area contributed by atoms with E-state index in [0.29, 0.717) is 18.8 Å². The van der Waals surface area contributed by atoms with E-state index in [-0.39, 0.29) is 22.3 Å². The van der Waals surface area contributed by atoms with Crippen molar-refractivity contribution in [3.05, 3.63) is 59.4 Å². The van der Waals surface area contributed by atoms with Crippen LogP contribution in [0.1, 0.15) is 43.1 Å². The van der Waals surface area contributed by atoms with E-state index in [9.17, 15) is 17.6 Å². The van der Waals surface area contributed by atoms with Gasteiger partial charge in [0.05, 0.1) is 10.5 Å². The summed E-state index contributed by atoms with van der Waals surface area (Å²) in [5.74, 6) is -0.929. The van der Waals surface area contributed by atoms with Gasteiger partial charge in [0.25, 0.3) is 5.91 Å². The zero-order valence-electron chi connectivity index (χ0n) is 17.0. The number of rotatable bonds is 5. The summed E-state index contributed by atoms with van der Waals surface area (Å²) < 4.78 is 41.9. The lowest BCUT2D eigenvalue weighted by atomic mass is 9.94. The van der Waals surface area contributed by atoms with E-state index >= 15 is 0 Å². The SMILES string of the molecule is CCc1ccc(NC(=O)c2cc(S(=O)(=O)N3CC(C)CC(C)C3)ccc2F)cc1. The van der Waals surface area contributed by atoms with Crippen LogP contribution in [-0.4, -0.2) is 31.7 Å². The standard InChI is InChI=1S/C22H27FN2O3S/c1-4-17-5-7-18(8-6-17)24-22(26)20-12-19(9-10-21(20)23)29(27,28)25-13-15(2)11-16(3)14-25/h5-10,12,15-16H,4,11,13-14H2,1-3H3,(H,24,26). The summed E-state index contributed by atoms with van der Waals surface area (Å²) in [4.78, 5) is 12.5. The van der Waals surface area contributed by atoms with Crippen molar-refractivity contribution in [2.45, 2.75) is 38.5 Å². The lowest BCUT2D eigenvalue weighted by molar-refractivity contribution is 0.102. The molecule has 0 radical (unpaired) electrons.